The van der Waals surface area contributed by atoms with E-state index < -0.39 is 28.3 Å². The molecule has 1 aromatic heterocycles. The standard InChI is InChI=1S/C17H11FN2O4S/c18-11-1-2-13-14(20-12-5-7-19-8-6-12)10-25(15(13)9-11)23-16(21)3-4-17(22)24-25/h1-10H,(H,19,20). The summed E-state index contributed by atoms with van der Waals surface area (Å²) >= 11 is 0. The summed E-state index contributed by atoms with van der Waals surface area (Å²) < 4.78 is 24.6. The molecule has 0 saturated carbocycles. The molecule has 1 N–H and O–H groups in total. The highest BCUT2D eigenvalue weighted by atomic mass is 32.3. The van der Waals surface area contributed by atoms with Gasteiger partial charge in [-0.2, -0.15) is 0 Å². The molecule has 1 spiro atoms. The highest BCUT2D eigenvalue weighted by Gasteiger charge is 2.39. The first-order chi connectivity index (χ1) is 12.1. The maximum atomic E-state index is 13.8. The van der Waals surface area contributed by atoms with Crippen LogP contribution in [0.15, 0.2) is 65.2 Å². The minimum atomic E-state index is -2.89. The average molecular weight is 358 g/mol. The molecule has 0 radical (unpaired) electrons. The summed E-state index contributed by atoms with van der Waals surface area (Å²) in [6, 6.07) is 7.55. The molecule has 8 heteroatoms. The van der Waals surface area contributed by atoms with Gasteiger partial charge in [0.05, 0.1) is 16.0 Å². The van der Waals surface area contributed by atoms with Crippen molar-refractivity contribution in [2.75, 3.05) is 5.32 Å². The van der Waals surface area contributed by atoms with Gasteiger partial charge in [0, 0.05) is 35.8 Å². The number of halogens is 1. The van der Waals surface area contributed by atoms with Crippen LogP contribution in [-0.2, 0) is 18.0 Å². The molecule has 3 heterocycles. The fourth-order valence-electron chi connectivity index (χ4n) is 2.51. The molecule has 0 atom stereocenters. The van der Waals surface area contributed by atoms with Gasteiger partial charge >= 0.3 is 11.9 Å². The molecule has 0 fully saturated rings. The monoisotopic (exact) mass is 358 g/mol. The van der Waals surface area contributed by atoms with Crippen LogP contribution in [-0.4, -0.2) is 16.9 Å². The molecule has 0 aliphatic carbocycles. The normalized spacial score (nSPS) is 18.7. The summed E-state index contributed by atoms with van der Waals surface area (Å²) in [6.07, 6.45) is 5.21. The highest BCUT2D eigenvalue weighted by molar-refractivity contribution is 8.29. The first-order valence-electron chi connectivity index (χ1n) is 7.23. The summed E-state index contributed by atoms with van der Waals surface area (Å²) in [7, 11) is -2.89. The molecule has 0 amide bonds. The lowest BCUT2D eigenvalue weighted by molar-refractivity contribution is -0.129. The van der Waals surface area contributed by atoms with Crippen LogP contribution in [0.5, 0.6) is 0 Å². The Labute approximate surface area is 143 Å². The molecular weight excluding hydrogens is 347 g/mol. The van der Waals surface area contributed by atoms with Crippen LogP contribution in [0, 0.1) is 5.82 Å². The summed E-state index contributed by atoms with van der Waals surface area (Å²) in [4.78, 5) is 28.0. The third-order valence-electron chi connectivity index (χ3n) is 3.54. The zero-order valence-corrected chi connectivity index (χ0v) is 13.5. The molecule has 6 nitrogen and oxygen atoms in total. The largest absolute Gasteiger partial charge is 0.354 e. The molecular formula is C17H11FN2O4S. The molecule has 0 saturated heterocycles. The van der Waals surface area contributed by atoms with Crippen molar-refractivity contribution in [3.63, 3.8) is 0 Å². The molecule has 126 valence electrons. The number of hydrogen-bond donors (Lipinski definition) is 1. The molecule has 2 aliphatic heterocycles. The number of pyridine rings is 1. The number of carbonyl (C=O) groups is 2. The highest BCUT2D eigenvalue weighted by Crippen LogP contribution is 2.67. The number of fused-ring (bicyclic) bond motifs is 2. The molecule has 2 aromatic rings. The fraction of sp³-hybridized carbons (Fsp3) is 0. The Morgan fingerprint density at radius 1 is 1.00 bits per heavy atom. The maximum absolute atomic E-state index is 13.8. The third kappa shape index (κ3) is 2.76. The predicted molar refractivity (Wildman–Crippen MR) is 89.4 cm³/mol. The van der Waals surface area contributed by atoms with Gasteiger partial charge in [-0.1, -0.05) is 10.6 Å². The molecule has 2 aliphatic rings. The second-order valence-electron chi connectivity index (χ2n) is 5.22. The van der Waals surface area contributed by atoms with Crippen LogP contribution in [0.2, 0.25) is 0 Å². The lowest BCUT2D eigenvalue weighted by Crippen LogP contribution is -2.10. The van der Waals surface area contributed by atoms with Crippen molar-refractivity contribution in [2.45, 2.75) is 4.90 Å². The van der Waals surface area contributed by atoms with Gasteiger partial charge in [0.25, 0.3) is 0 Å². The van der Waals surface area contributed by atoms with Crippen LogP contribution < -0.4 is 5.32 Å². The van der Waals surface area contributed by atoms with Gasteiger partial charge in [0.1, 0.15) is 5.82 Å². The number of aromatic nitrogens is 1. The quantitative estimate of drug-likeness (QED) is 0.888. The first kappa shape index (κ1) is 15.4. The van der Waals surface area contributed by atoms with Crippen LogP contribution in [0.3, 0.4) is 0 Å². The van der Waals surface area contributed by atoms with E-state index >= 15 is 0 Å². The third-order valence-corrected chi connectivity index (χ3v) is 5.86. The number of rotatable bonds is 2. The van der Waals surface area contributed by atoms with E-state index in [1.165, 1.54) is 17.5 Å². The number of nitrogens with one attached hydrogen (secondary N) is 1. The summed E-state index contributed by atoms with van der Waals surface area (Å²) in [6.45, 7) is 0. The minimum absolute atomic E-state index is 0.314. The number of nitrogens with zero attached hydrogens (tertiary/aromatic N) is 1. The number of hydrogen-bond acceptors (Lipinski definition) is 6. The smallest absolute Gasteiger partial charge is 0.354 e. The van der Waals surface area contributed by atoms with Gasteiger partial charge < -0.3 is 13.7 Å². The zero-order chi connectivity index (χ0) is 17.4. The van der Waals surface area contributed by atoms with Gasteiger partial charge in [-0.25, -0.2) is 14.0 Å². The molecule has 0 unspecified atom stereocenters. The molecule has 0 bridgehead atoms. The van der Waals surface area contributed by atoms with E-state index in [4.69, 9.17) is 8.37 Å². The molecule has 25 heavy (non-hydrogen) atoms. The van der Waals surface area contributed by atoms with Crippen LogP contribution in [0.25, 0.3) is 5.70 Å². The van der Waals surface area contributed by atoms with Gasteiger partial charge in [0.2, 0.25) is 0 Å². The van der Waals surface area contributed by atoms with Crippen molar-refractivity contribution in [1.29, 1.82) is 0 Å². The van der Waals surface area contributed by atoms with Crippen molar-refractivity contribution in [3.05, 3.63) is 71.7 Å². The fourth-order valence-corrected chi connectivity index (χ4v) is 4.81. The van der Waals surface area contributed by atoms with Crippen LogP contribution in [0.1, 0.15) is 5.56 Å². The average Bonchev–Trinajstić information content (AvgIpc) is 2.76. The SMILES string of the molecule is O=C1C=CC(=O)OS2(C=C(Nc3ccncc3)c3ccc(F)cc32)O1. The molecule has 4 rings (SSSR count). The van der Waals surface area contributed by atoms with E-state index in [1.807, 2.05) is 0 Å². The van der Waals surface area contributed by atoms with Crippen molar-refractivity contribution >= 4 is 33.9 Å². The van der Waals surface area contributed by atoms with Gasteiger partial charge in [-0.15, -0.1) is 0 Å². The Morgan fingerprint density at radius 3 is 2.36 bits per heavy atom. The predicted octanol–water partition coefficient (Wildman–Crippen LogP) is 3.29. The van der Waals surface area contributed by atoms with Crippen LogP contribution >= 0.6 is 10.6 Å². The second-order valence-corrected chi connectivity index (χ2v) is 7.31. The Morgan fingerprint density at radius 2 is 1.68 bits per heavy atom. The Hall–Kier alpha value is -3.13. The van der Waals surface area contributed by atoms with Gasteiger partial charge in [-0.3, -0.25) is 4.98 Å². The number of carbonyl (C=O) groups excluding carboxylic acids is 2. The van der Waals surface area contributed by atoms with Gasteiger partial charge in [-0.05, 0) is 30.3 Å². The number of anilines is 1. The Bertz CT molecular complexity index is 923. The van der Waals surface area contributed by atoms with Crippen molar-refractivity contribution < 1.29 is 22.3 Å². The topological polar surface area (TPSA) is 77.5 Å². The van der Waals surface area contributed by atoms with E-state index in [1.54, 1.807) is 30.6 Å². The Kier molecular flexibility index (Phi) is 3.54. The van der Waals surface area contributed by atoms with E-state index in [0.717, 1.165) is 17.8 Å². The summed E-state index contributed by atoms with van der Waals surface area (Å²) in [5.74, 6) is -1.97. The molecule has 1 aromatic carbocycles. The lowest BCUT2D eigenvalue weighted by atomic mass is 10.1. The van der Waals surface area contributed by atoms with Crippen molar-refractivity contribution in [1.82, 2.24) is 4.98 Å². The van der Waals surface area contributed by atoms with Crippen molar-refractivity contribution in [2.24, 2.45) is 0 Å². The first-order valence-corrected chi connectivity index (χ1v) is 8.77. The van der Waals surface area contributed by atoms with Gasteiger partial charge in [0.15, 0.2) is 0 Å². The second kappa shape index (κ2) is 5.75. The number of benzene rings is 1. The summed E-state index contributed by atoms with van der Waals surface area (Å²) in [5, 5.41) is 4.68. The maximum Gasteiger partial charge on any atom is 0.354 e. The zero-order valence-electron chi connectivity index (χ0n) is 12.6. The van der Waals surface area contributed by atoms with Crippen LogP contribution in [0.4, 0.5) is 10.1 Å². The minimum Gasteiger partial charge on any atom is -0.354 e. The van der Waals surface area contributed by atoms with E-state index in [0.29, 0.717) is 16.2 Å². The van der Waals surface area contributed by atoms with E-state index in [9.17, 15) is 14.0 Å². The Balaban J connectivity index is 1.83. The van der Waals surface area contributed by atoms with E-state index in [-0.39, 0.29) is 0 Å². The van der Waals surface area contributed by atoms with E-state index in [2.05, 4.69) is 10.3 Å². The lowest BCUT2D eigenvalue weighted by Gasteiger charge is -2.34. The summed E-state index contributed by atoms with van der Waals surface area (Å²) in [5.41, 5.74) is 1.88. The van der Waals surface area contributed by atoms with Crippen molar-refractivity contribution in [3.8, 4) is 0 Å².